The Labute approximate surface area is 116 Å². The standard InChI is InChI=1S/C13H23N3O2S/c1-14-10-6-12-16(2)19(17,18)15-11-9-13-7-4-3-5-8-13/h3-5,7-8,14-15H,6,9-12H2,1-2H3. The van der Waals surface area contributed by atoms with Gasteiger partial charge in [-0.15, -0.1) is 0 Å². The second kappa shape index (κ2) is 8.27. The Kier molecular flexibility index (Phi) is 7.01. The van der Waals surface area contributed by atoms with Gasteiger partial charge in [0.15, 0.2) is 0 Å². The van der Waals surface area contributed by atoms with Gasteiger partial charge >= 0.3 is 0 Å². The summed E-state index contributed by atoms with van der Waals surface area (Å²) in [5.41, 5.74) is 1.13. The molecule has 2 N–H and O–H groups in total. The van der Waals surface area contributed by atoms with Crippen LogP contribution in [0.5, 0.6) is 0 Å². The van der Waals surface area contributed by atoms with Crippen molar-refractivity contribution in [2.75, 3.05) is 33.7 Å². The zero-order chi connectivity index (χ0) is 14.1. The van der Waals surface area contributed by atoms with E-state index in [2.05, 4.69) is 10.0 Å². The van der Waals surface area contributed by atoms with Crippen molar-refractivity contribution in [3.63, 3.8) is 0 Å². The molecule has 0 spiro atoms. The molecule has 0 amide bonds. The van der Waals surface area contributed by atoms with E-state index in [1.165, 1.54) is 4.31 Å². The summed E-state index contributed by atoms with van der Waals surface area (Å²) in [6, 6.07) is 9.83. The van der Waals surface area contributed by atoms with E-state index in [9.17, 15) is 8.42 Å². The van der Waals surface area contributed by atoms with Gasteiger partial charge in [-0.05, 0) is 32.0 Å². The maximum atomic E-state index is 11.9. The Hall–Kier alpha value is -0.950. The van der Waals surface area contributed by atoms with Crippen molar-refractivity contribution in [2.45, 2.75) is 12.8 Å². The normalized spacial score (nSPS) is 11.9. The van der Waals surface area contributed by atoms with Crippen LogP contribution in [-0.4, -0.2) is 46.5 Å². The number of hydrogen-bond acceptors (Lipinski definition) is 3. The third kappa shape index (κ3) is 6.15. The zero-order valence-electron chi connectivity index (χ0n) is 11.6. The number of nitrogens with zero attached hydrogens (tertiary/aromatic N) is 1. The second-order valence-corrected chi connectivity index (χ2v) is 6.28. The Morgan fingerprint density at radius 2 is 1.84 bits per heavy atom. The minimum absolute atomic E-state index is 0.419. The number of benzene rings is 1. The van der Waals surface area contributed by atoms with Gasteiger partial charge < -0.3 is 5.32 Å². The Morgan fingerprint density at radius 3 is 2.47 bits per heavy atom. The van der Waals surface area contributed by atoms with Crippen LogP contribution in [0.1, 0.15) is 12.0 Å². The summed E-state index contributed by atoms with van der Waals surface area (Å²) in [5.74, 6) is 0. The van der Waals surface area contributed by atoms with Crippen LogP contribution in [-0.2, 0) is 16.6 Å². The monoisotopic (exact) mass is 285 g/mol. The van der Waals surface area contributed by atoms with Crippen LogP contribution in [0.4, 0.5) is 0 Å². The molecule has 1 aromatic rings. The molecule has 0 saturated carbocycles. The molecule has 5 nitrogen and oxygen atoms in total. The lowest BCUT2D eigenvalue weighted by molar-refractivity contribution is 0.448. The Bertz CT molecular complexity index is 448. The molecular weight excluding hydrogens is 262 g/mol. The van der Waals surface area contributed by atoms with Crippen molar-refractivity contribution in [1.29, 1.82) is 0 Å². The summed E-state index contributed by atoms with van der Waals surface area (Å²) in [7, 11) is 0.0962. The van der Waals surface area contributed by atoms with Crippen LogP contribution < -0.4 is 10.0 Å². The summed E-state index contributed by atoms with van der Waals surface area (Å²) in [4.78, 5) is 0. The fourth-order valence-electron chi connectivity index (χ4n) is 1.68. The van der Waals surface area contributed by atoms with E-state index in [0.717, 1.165) is 18.5 Å². The second-order valence-electron chi connectivity index (χ2n) is 4.41. The van der Waals surface area contributed by atoms with Gasteiger partial charge in [0, 0.05) is 20.1 Å². The van der Waals surface area contributed by atoms with Crippen molar-refractivity contribution >= 4 is 10.2 Å². The molecular formula is C13H23N3O2S. The van der Waals surface area contributed by atoms with Crippen LogP contribution in [0.3, 0.4) is 0 Å². The molecule has 0 fully saturated rings. The molecule has 108 valence electrons. The molecule has 1 aromatic carbocycles. The van der Waals surface area contributed by atoms with Gasteiger partial charge in [-0.25, -0.2) is 4.72 Å². The summed E-state index contributed by atoms with van der Waals surface area (Å²) in [5, 5.41) is 3.00. The quantitative estimate of drug-likeness (QED) is 0.653. The average Bonchev–Trinajstić information content (AvgIpc) is 2.40. The molecule has 0 aliphatic carbocycles. The minimum Gasteiger partial charge on any atom is -0.320 e. The van der Waals surface area contributed by atoms with Crippen LogP contribution in [0.25, 0.3) is 0 Å². The van der Waals surface area contributed by atoms with Crippen molar-refractivity contribution in [3.8, 4) is 0 Å². The van der Waals surface area contributed by atoms with Gasteiger partial charge in [-0.1, -0.05) is 30.3 Å². The van der Waals surface area contributed by atoms with Crippen molar-refractivity contribution in [2.24, 2.45) is 0 Å². The number of rotatable bonds is 9. The van der Waals surface area contributed by atoms with Gasteiger partial charge in [0.2, 0.25) is 0 Å². The summed E-state index contributed by atoms with van der Waals surface area (Å²) >= 11 is 0. The highest BCUT2D eigenvalue weighted by Crippen LogP contribution is 2.00. The fourth-order valence-corrected chi connectivity index (χ4v) is 2.63. The first-order valence-corrected chi connectivity index (χ1v) is 7.89. The molecule has 0 bridgehead atoms. The van der Waals surface area contributed by atoms with E-state index in [0.29, 0.717) is 19.5 Å². The van der Waals surface area contributed by atoms with E-state index in [1.807, 2.05) is 37.4 Å². The van der Waals surface area contributed by atoms with Crippen LogP contribution in [0.15, 0.2) is 30.3 Å². The van der Waals surface area contributed by atoms with Gasteiger partial charge in [0.05, 0.1) is 0 Å². The molecule has 1 rings (SSSR count). The minimum atomic E-state index is -3.36. The van der Waals surface area contributed by atoms with E-state index in [1.54, 1.807) is 7.05 Å². The van der Waals surface area contributed by atoms with Gasteiger partial charge in [0.25, 0.3) is 10.2 Å². The maximum Gasteiger partial charge on any atom is 0.279 e. The average molecular weight is 285 g/mol. The lowest BCUT2D eigenvalue weighted by Gasteiger charge is -2.17. The number of nitrogens with one attached hydrogen (secondary N) is 2. The predicted octanol–water partition coefficient (Wildman–Crippen LogP) is 0.605. The fraction of sp³-hybridized carbons (Fsp3) is 0.538. The molecule has 0 atom stereocenters. The first-order chi connectivity index (χ1) is 9.06. The topological polar surface area (TPSA) is 61.4 Å². The molecule has 0 radical (unpaired) electrons. The van der Waals surface area contributed by atoms with Crippen LogP contribution >= 0.6 is 0 Å². The number of hydrogen-bond donors (Lipinski definition) is 2. The molecule has 0 aliphatic rings. The van der Waals surface area contributed by atoms with Gasteiger partial charge in [-0.3, -0.25) is 0 Å². The lowest BCUT2D eigenvalue weighted by Crippen LogP contribution is -2.40. The van der Waals surface area contributed by atoms with E-state index in [-0.39, 0.29) is 0 Å². The van der Waals surface area contributed by atoms with Gasteiger partial charge in [0.1, 0.15) is 0 Å². The van der Waals surface area contributed by atoms with Gasteiger partial charge in [-0.2, -0.15) is 12.7 Å². The Morgan fingerprint density at radius 1 is 1.16 bits per heavy atom. The molecule has 0 heterocycles. The van der Waals surface area contributed by atoms with Crippen molar-refractivity contribution < 1.29 is 8.42 Å². The van der Waals surface area contributed by atoms with Crippen LogP contribution in [0.2, 0.25) is 0 Å². The summed E-state index contributed by atoms with van der Waals surface area (Å²) in [6.07, 6.45) is 1.50. The smallest absolute Gasteiger partial charge is 0.279 e. The van der Waals surface area contributed by atoms with Crippen molar-refractivity contribution in [1.82, 2.24) is 14.3 Å². The predicted molar refractivity (Wildman–Crippen MR) is 78.2 cm³/mol. The first-order valence-electron chi connectivity index (χ1n) is 6.45. The summed E-state index contributed by atoms with van der Waals surface area (Å²) < 4.78 is 27.8. The molecule has 0 unspecified atom stereocenters. The summed E-state index contributed by atoms with van der Waals surface area (Å²) in [6.45, 7) is 1.74. The molecule has 6 heteroatoms. The molecule has 0 saturated heterocycles. The SMILES string of the molecule is CNCCCN(C)S(=O)(=O)NCCc1ccccc1. The van der Waals surface area contributed by atoms with E-state index >= 15 is 0 Å². The Balaban J connectivity index is 2.34. The third-order valence-corrected chi connectivity index (χ3v) is 4.42. The molecule has 0 aliphatic heterocycles. The highest BCUT2D eigenvalue weighted by molar-refractivity contribution is 7.87. The van der Waals surface area contributed by atoms with Crippen molar-refractivity contribution in [3.05, 3.63) is 35.9 Å². The van der Waals surface area contributed by atoms with E-state index < -0.39 is 10.2 Å². The van der Waals surface area contributed by atoms with E-state index in [4.69, 9.17) is 0 Å². The third-order valence-electron chi connectivity index (χ3n) is 2.85. The zero-order valence-corrected chi connectivity index (χ0v) is 12.4. The molecule has 0 aromatic heterocycles. The highest BCUT2D eigenvalue weighted by atomic mass is 32.2. The molecule has 19 heavy (non-hydrogen) atoms. The highest BCUT2D eigenvalue weighted by Gasteiger charge is 2.15. The lowest BCUT2D eigenvalue weighted by atomic mass is 10.2. The van der Waals surface area contributed by atoms with Crippen LogP contribution in [0, 0.1) is 0 Å². The maximum absolute atomic E-state index is 11.9. The first kappa shape index (κ1) is 16.1. The largest absolute Gasteiger partial charge is 0.320 e.